The van der Waals surface area contributed by atoms with Crippen LogP contribution in [0.15, 0.2) is 87.4 Å². The zero-order chi connectivity index (χ0) is 16.8. The molecular formula is C21H14BrN3. The standard InChI is InChI=1S/C21H14BrN3/c22-14-9-11-15(12-10-14)25-13-23-20-18-7-3-1-5-16(18)17-6-2-4-8-19(17)21(20)24-25/h1-12H,13H2. The van der Waals surface area contributed by atoms with Gasteiger partial charge in [0.15, 0.2) is 0 Å². The number of rotatable bonds is 1. The smallest absolute Gasteiger partial charge is 0.132 e. The van der Waals surface area contributed by atoms with Crippen LogP contribution in [0.5, 0.6) is 0 Å². The minimum Gasteiger partial charge on any atom is -0.259 e. The van der Waals surface area contributed by atoms with Gasteiger partial charge in [-0.1, -0.05) is 64.5 Å². The van der Waals surface area contributed by atoms with Crippen LogP contribution in [0.3, 0.4) is 0 Å². The summed E-state index contributed by atoms with van der Waals surface area (Å²) in [5, 5.41) is 13.6. The molecule has 1 heterocycles. The van der Waals surface area contributed by atoms with Crippen molar-refractivity contribution in [3.8, 4) is 0 Å². The fourth-order valence-corrected chi connectivity index (χ4v) is 3.67. The van der Waals surface area contributed by atoms with Gasteiger partial charge >= 0.3 is 0 Å². The maximum Gasteiger partial charge on any atom is 0.132 e. The average molecular weight is 388 g/mol. The Kier molecular flexibility index (Phi) is 3.31. The Bertz CT molecular complexity index is 1230. The first kappa shape index (κ1) is 14.6. The van der Waals surface area contributed by atoms with Crippen LogP contribution in [-0.2, 0) is 0 Å². The van der Waals surface area contributed by atoms with Crippen LogP contribution in [0.25, 0.3) is 21.5 Å². The van der Waals surface area contributed by atoms with E-state index in [1.54, 1.807) is 0 Å². The number of halogens is 1. The predicted octanol–water partition coefficient (Wildman–Crippen LogP) is 4.39. The number of fused-ring (bicyclic) bond motifs is 6. The van der Waals surface area contributed by atoms with Crippen molar-refractivity contribution in [2.24, 2.45) is 10.1 Å². The predicted molar refractivity (Wildman–Crippen MR) is 105 cm³/mol. The second-order valence-corrected chi connectivity index (χ2v) is 6.98. The summed E-state index contributed by atoms with van der Waals surface area (Å²) in [5.74, 6) is 0. The molecule has 0 amide bonds. The Morgan fingerprint density at radius 1 is 0.680 bits per heavy atom. The van der Waals surface area contributed by atoms with Gasteiger partial charge in [-0.15, -0.1) is 0 Å². The number of benzene rings is 4. The van der Waals surface area contributed by atoms with Crippen molar-refractivity contribution in [3.05, 3.63) is 88.0 Å². The summed E-state index contributed by atoms with van der Waals surface area (Å²) in [4.78, 5) is 4.87. The molecule has 5 rings (SSSR count). The van der Waals surface area contributed by atoms with Gasteiger partial charge in [0.2, 0.25) is 0 Å². The van der Waals surface area contributed by atoms with E-state index in [4.69, 9.17) is 10.1 Å². The summed E-state index contributed by atoms with van der Waals surface area (Å²) in [7, 11) is 0. The van der Waals surface area contributed by atoms with E-state index >= 15 is 0 Å². The maximum atomic E-state index is 4.95. The highest BCUT2D eigenvalue weighted by Gasteiger charge is 2.13. The molecule has 0 atom stereocenters. The van der Waals surface area contributed by atoms with Crippen LogP contribution in [-0.4, -0.2) is 6.67 Å². The van der Waals surface area contributed by atoms with Crippen molar-refractivity contribution in [3.63, 3.8) is 0 Å². The van der Waals surface area contributed by atoms with Gasteiger partial charge in [-0.2, -0.15) is 5.10 Å². The van der Waals surface area contributed by atoms with Gasteiger partial charge in [0.25, 0.3) is 0 Å². The van der Waals surface area contributed by atoms with Crippen molar-refractivity contribution in [1.29, 1.82) is 0 Å². The van der Waals surface area contributed by atoms with Gasteiger partial charge < -0.3 is 0 Å². The topological polar surface area (TPSA) is 28.0 Å². The molecule has 0 unspecified atom stereocenters. The SMILES string of the molecule is Brc1ccc(N2CN=c3c(c4ccccc4c4ccccc34)=N2)cc1. The lowest BCUT2D eigenvalue weighted by molar-refractivity contribution is 0.792. The minimum absolute atomic E-state index is 0.525. The van der Waals surface area contributed by atoms with E-state index < -0.39 is 0 Å². The number of nitrogens with zero attached hydrogens (tertiary/aromatic N) is 3. The van der Waals surface area contributed by atoms with E-state index in [0.717, 1.165) is 31.6 Å². The summed E-state index contributed by atoms with van der Waals surface area (Å²) >= 11 is 3.48. The third-order valence-corrected chi connectivity index (χ3v) is 5.12. The number of hydrogen-bond donors (Lipinski definition) is 0. The number of anilines is 1. The molecule has 0 radical (unpaired) electrons. The molecule has 0 bridgehead atoms. The quantitative estimate of drug-likeness (QED) is 0.445. The largest absolute Gasteiger partial charge is 0.259 e. The Morgan fingerprint density at radius 3 is 1.88 bits per heavy atom. The molecule has 1 aliphatic heterocycles. The van der Waals surface area contributed by atoms with Crippen molar-refractivity contribution in [1.82, 2.24) is 0 Å². The third-order valence-electron chi connectivity index (χ3n) is 4.59. The fourth-order valence-electron chi connectivity index (χ4n) is 3.41. The molecular weight excluding hydrogens is 374 g/mol. The summed E-state index contributed by atoms with van der Waals surface area (Å²) in [6, 6.07) is 25.0. The zero-order valence-corrected chi connectivity index (χ0v) is 14.9. The van der Waals surface area contributed by atoms with E-state index in [-0.39, 0.29) is 0 Å². The Morgan fingerprint density at radius 2 is 1.24 bits per heavy atom. The van der Waals surface area contributed by atoms with Crippen LogP contribution >= 0.6 is 15.9 Å². The number of hydrogen-bond acceptors (Lipinski definition) is 3. The van der Waals surface area contributed by atoms with Crippen LogP contribution in [0.2, 0.25) is 0 Å². The molecule has 120 valence electrons. The highest BCUT2D eigenvalue weighted by atomic mass is 79.9. The van der Waals surface area contributed by atoms with E-state index in [1.165, 1.54) is 10.8 Å². The van der Waals surface area contributed by atoms with E-state index in [0.29, 0.717) is 6.67 Å². The lowest BCUT2D eigenvalue weighted by atomic mass is 10.0. The third kappa shape index (κ3) is 2.33. The van der Waals surface area contributed by atoms with Crippen molar-refractivity contribution < 1.29 is 0 Å². The molecule has 3 nitrogen and oxygen atoms in total. The van der Waals surface area contributed by atoms with Crippen LogP contribution < -0.4 is 15.7 Å². The van der Waals surface area contributed by atoms with Crippen LogP contribution in [0.4, 0.5) is 5.69 Å². The monoisotopic (exact) mass is 387 g/mol. The fraction of sp³-hybridized carbons (Fsp3) is 0.0476. The second kappa shape index (κ2) is 5.67. The maximum absolute atomic E-state index is 4.95. The van der Waals surface area contributed by atoms with Gasteiger partial charge in [0.05, 0.1) is 11.0 Å². The lowest BCUT2D eigenvalue weighted by Gasteiger charge is -2.20. The van der Waals surface area contributed by atoms with E-state index in [2.05, 4.69) is 76.6 Å². The van der Waals surface area contributed by atoms with Crippen molar-refractivity contribution in [2.45, 2.75) is 0 Å². The molecule has 0 aliphatic carbocycles. The molecule has 0 spiro atoms. The average Bonchev–Trinajstić information content (AvgIpc) is 2.68. The highest BCUT2D eigenvalue weighted by Crippen LogP contribution is 2.22. The molecule has 0 fully saturated rings. The first-order chi connectivity index (χ1) is 12.3. The first-order valence-corrected chi connectivity index (χ1v) is 8.96. The van der Waals surface area contributed by atoms with Crippen molar-refractivity contribution >= 4 is 43.2 Å². The molecule has 0 saturated carbocycles. The molecule has 4 aromatic carbocycles. The summed E-state index contributed by atoms with van der Waals surface area (Å²) in [6.45, 7) is 0.525. The molecule has 4 aromatic rings. The van der Waals surface area contributed by atoms with E-state index in [1.807, 2.05) is 17.1 Å². The van der Waals surface area contributed by atoms with Gasteiger partial charge in [-0.05, 0) is 35.0 Å². The summed E-state index contributed by atoms with van der Waals surface area (Å²) < 4.78 is 1.06. The van der Waals surface area contributed by atoms with Gasteiger partial charge in [-0.3, -0.25) is 4.99 Å². The molecule has 0 N–H and O–H groups in total. The van der Waals surface area contributed by atoms with Crippen molar-refractivity contribution in [2.75, 3.05) is 11.7 Å². The Hall–Kier alpha value is -2.72. The normalized spacial score (nSPS) is 13.4. The molecule has 25 heavy (non-hydrogen) atoms. The van der Waals surface area contributed by atoms with Gasteiger partial charge in [0, 0.05) is 15.2 Å². The zero-order valence-electron chi connectivity index (χ0n) is 13.4. The highest BCUT2D eigenvalue weighted by molar-refractivity contribution is 9.10. The molecule has 1 aliphatic rings. The first-order valence-electron chi connectivity index (χ1n) is 8.17. The van der Waals surface area contributed by atoms with Crippen LogP contribution in [0, 0.1) is 0 Å². The van der Waals surface area contributed by atoms with Gasteiger partial charge in [-0.25, -0.2) is 5.01 Å². The van der Waals surface area contributed by atoms with Crippen LogP contribution in [0.1, 0.15) is 0 Å². The Balaban J connectivity index is 1.86. The molecule has 0 saturated heterocycles. The Labute approximate surface area is 153 Å². The van der Waals surface area contributed by atoms with E-state index in [9.17, 15) is 0 Å². The minimum atomic E-state index is 0.525. The lowest BCUT2D eigenvalue weighted by Crippen LogP contribution is -2.37. The molecule has 4 heteroatoms. The summed E-state index contributed by atoms with van der Waals surface area (Å²) in [6.07, 6.45) is 0. The molecule has 0 aromatic heterocycles. The second-order valence-electron chi connectivity index (χ2n) is 6.06. The summed E-state index contributed by atoms with van der Waals surface area (Å²) in [5.41, 5.74) is 1.04. The van der Waals surface area contributed by atoms with Gasteiger partial charge in [0.1, 0.15) is 12.0 Å².